The van der Waals surface area contributed by atoms with Crippen LogP contribution in [0.15, 0.2) is 24.3 Å². The van der Waals surface area contributed by atoms with E-state index in [2.05, 4.69) is 15.2 Å². The van der Waals surface area contributed by atoms with Crippen LogP contribution in [0.2, 0.25) is 5.02 Å². The van der Waals surface area contributed by atoms with E-state index >= 15 is 0 Å². The molecule has 1 aromatic carbocycles. The summed E-state index contributed by atoms with van der Waals surface area (Å²) in [5, 5.41) is 3.65. The molecule has 1 fully saturated rings. The van der Waals surface area contributed by atoms with Crippen LogP contribution in [-0.2, 0) is 16.0 Å². The molecule has 2 aromatic rings. The number of nitrogens with zero attached hydrogens (tertiary/aromatic N) is 1. The maximum Gasteiger partial charge on any atom is 0.339 e. The minimum Gasteiger partial charge on any atom is -0.465 e. The van der Waals surface area contributed by atoms with Gasteiger partial charge in [0, 0.05) is 24.2 Å². The molecule has 166 valence electrons. The molecule has 2 N–H and O–H groups in total. The summed E-state index contributed by atoms with van der Waals surface area (Å²) >= 11 is 6.44. The molecule has 1 aromatic heterocycles. The highest BCUT2D eigenvalue weighted by Gasteiger charge is 2.27. The SMILES string of the molecule is COC(=O)c1c(CC(=O)NCC(c2ccccc2Cl)N2CCCC2)[nH]c(C(C)=O)c1C. The van der Waals surface area contributed by atoms with Crippen LogP contribution >= 0.6 is 11.6 Å². The first kappa shape index (κ1) is 23.0. The first-order valence-electron chi connectivity index (χ1n) is 10.4. The van der Waals surface area contributed by atoms with Gasteiger partial charge in [-0.3, -0.25) is 14.5 Å². The maximum atomic E-state index is 12.8. The van der Waals surface area contributed by atoms with Gasteiger partial charge >= 0.3 is 5.97 Å². The summed E-state index contributed by atoms with van der Waals surface area (Å²) in [6.07, 6.45) is 2.17. The number of aromatic amines is 1. The first-order valence-corrected chi connectivity index (χ1v) is 10.8. The standard InChI is InChI=1S/C23H28ClN3O4/c1-14-21(23(30)31-3)18(26-22(14)15(2)28)12-20(29)25-13-19(27-10-6-7-11-27)16-8-4-5-9-17(16)24/h4-5,8-9,19,26H,6-7,10-13H2,1-3H3,(H,25,29). The highest BCUT2D eigenvalue weighted by Crippen LogP contribution is 2.30. The zero-order chi connectivity index (χ0) is 22.5. The van der Waals surface area contributed by atoms with Gasteiger partial charge in [-0.25, -0.2) is 4.79 Å². The van der Waals surface area contributed by atoms with Crippen LogP contribution in [-0.4, -0.2) is 54.3 Å². The molecule has 0 bridgehead atoms. The Labute approximate surface area is 187 Å². The third-order valence-electron chi connectivity index (χ3n) is 5.74. The van der Waals surface area contributed by atoms with E-state index in [1.54, 1.807) is 6.92 Å². The number of nitrogens with one attached hydrogen (secondary N) is 2. The van der Waals surface area contributed by atoms with Crippen molar-refractivity contribution in [3.63, 3.8) is 0 Å². The van der Waals surface area contributed by atoms with Crippen LogP contribution in [0.3, 0.4) is 0 Å². The smallest absolute Gasteiger partial charge is 0.339 e. The van der Waals surface area contributed by atoms with E-state index in [4.69, 9.17) is 16.3 Å². The number of ether oxygens (including phenoxy) is 1. The summed E-state index contributed by atoms with van der Waals surface area (Å²) in [5.74, 6) is -1.03. The minimum absolute atomic E-state index is 0.0293. The highest BCUT2D eigenvalue weighted by atomic mass is 35.5. The Kier molecular flexibility index (Phi) is 7.51. The number of benzene rings is 1. The number of rotatable bonds is 8. The minimum atomic E-state index is -0.574. The highest BCUT2D eigenvalue weighted by molar-refractivity contribution is 6.31. The number of carbonyl (C=O) groups is 3. The number of hydrogen-bond donors (Lipinski definition) is 2. The van der Waals surface area contributed by atoms with E-state index in [0.717, 1.165) is 31.5 Å². The van der Waals surface area contributed by atoms with Gasteiger partial charge in [0.05, 0.1) is 30.8 Å². The van der Waals surface area contributed by atoms with E-state index in [0.29, 0.717) is 28.5 Å². The normalized spacial score (nSPS) is 15.0. The number of amides is 1. The topological polar surface area (TPSA) is 91.5 Å². The predicted octanol–water partition coefficient (Wildman–Crippen LogP) is 3.46. The van der Waals surface area contributed by atoms with Crippen molar-refractivity contribution in [2.75, 3.05) is 26.7 Å². The van der Waals surface area contributed by atoms with E-state index in [-0.39, 0.29) is 29.7 Å². The third kappa shape index (κ3) is 5.17. The van der Waals surface area contributed by atoms with Gasteiger partial charge in [-0.05, 0) is 50.0 Å². The molecule has 1 atom stereocenters. The molecule has 1 aliphatic heterocycles. The van der Waals surface area contributed by atoms with Crippen molar-refractivity contribution in [2.45, 2.75) is 39.2 Å². The number of Topliss-reactive ketones (excluding diaryl/α,β-unsaturated/α-hetero) is 1. The Bertz CT molecular complexity index is 979. The zero-order valence-electron chi connectivity index (χ0n) is 18.1. The fourth-order valence-electron chi connectivity index (χ4n) is 4.19. The summed E-state index contributed by atoms with van der Waals surface area (Å²) in [5.41, 5.74) is 2.41. The Balaban J connectivity index is 1.77. The Hall–Kier alpha value is -2.64. The lowest BCUT2D eigenvalue weighted by molar-refractivity contribution is -0.120. The Morgan fingerprint density at radius 3 is 2.52 bits per heavy atom. The van der Waals surface area contributed by atoms with Crippen molar-refractivity contribution in [1.29, 1.82) is 0 Å². The van der Waals surface area contributed by atoms with Crippen LogP contribution < -0.4 is 5.32 Å². The van der Waals surface area contributed by atoms with Crippen molar-refractivity contribution < 1.29 is 19.1 Å². The number of hydrogen-bond acceptors (Lipinski definition) is 5. The molecule has 7 nitrogen and oxygen atoms in total. The number of esters is 1. The number of halogens is 1. The summed E-state index contributed by atoms with van der Waals surface area (Å²) in [7, 11) is 1.27. The molecule has 1 aliphatic rings. The quantitative estimate of drug-likeness (QED) is 0.479. The molecule has 1 saturated heterocycles. The van der Waals surface area contributed by atoms with Crippen LogP contribution in [0.25, 0.3) is 0 Å². The van der Waals surface area contributed by atoms with E-state index in [1.807, 2.05) is 24.3 Å². The second-order valence-electron chi connectivity index (χ2n) is 7.79. The van der Waals surface area contributed by atoms with E-state index in [9.17, 15) is 14.4 Å². The van der Waals surface area contributed by atoms with Crippen LogP contribution in [0, 0.1) is 6.92 Å². The number of H-pyrrole nitrogens is 1. The summed E-state index contributed by atoms with van der Waals surface area (Å²) in [6, 6.07) is 7.65. The number of likely N-dealkylation sites (tertiary alicyclic amines) is 1. The number of methoxy groups -OCH3 is 1. The molecule has 3 rings (SSSR count). The lowest BCUT2D eigenvalue weighted by Crippen LogP contribution is -2.37. The second kappa shape index (κ2) is 10.1. The molecule has 0 aliphatic carbocycles. The summed E-state index contributed by atoms with van der Waals surface area (Å²) in [4.78, 5) is 42.2. The van der Waals surface area contributed by atoms with Crippen molar-refractivity contribution in [3.05, 3.63) is 57.4 Å². The molecule has 0 spiro atoms. The van der Waals surface area contributed by atoms with E-state index < -0.39 is 5.97 Å². The number of ketones is 1. The fraction of sp³-hybridized carbons (Fsp3) is 0.435. The van der Waals surface area contributed by atoms with Crippen LogP contribution in [0.5, 0.6) is 0 Å². The largest absolute Gasteiger partial charge is 0.465 e. The van der Waals surface area contributed by atoms with Crippen molar-refractivity contribution in [3.8, 4) is 0 Å². The Morgan fingerprint density at radius 1 is 1.23 bits per heavy atom. The molecule has 1 amide bonds. The monoisotopic (exact) mass is 445 g/mol. The van der Waals surface area contributed by atoms with Crippen LogP contribution in [0.1, 0.15) is 63.5 Å². The van der Waals surface area contributed by atoms with Crippen molar-refractivity contribution >= 4 is 29.3 Å². The number of aromatic nitrogens is 1. The molecule has 2 heterocycles. The molecule has 1 unspecified atom stereocenters. The van der Waals surface area contributed by atoms with Gasteiger partial charge in [0.15, 0.2) is 5.78 Å². The van der Waals surface area contributed by atoms with Crippen molar-refractivity contribution in [1.82, 2.24) is 15.2 Å². The van der Waals surface area contributed by atoms with Crippen molar-refractivity contribution in [2.24, 2.45) is 0 Å². The molecular weight excluding hydrogens is 418 g/mol. The molecular formula is C23H28ClN3O4. The van der Waals surface area contributed by atoms with Gasteiger partial charge in [-0.15, -0.1) is 0 Å². The molecule has 0 saturated carbocycles. The number of carbonyl (C=O) groups excluding carboxylic acids is 3. The van der Waals surface area contributed by atoms with Gasteiger partial charge in [-0.1, -0.05) is 29.8 Å². The fourth-order valence-corrected chi connectivity index (χ4v) is 4.45. The molecule has 8 heteroatoms. The third-order valence-corrected chi connectivity index (χ3v) is 6.09. The van der Waals surface area contributed by atoms with Gasteiger partial charge in [0.25, 0.3) is 0 Å². The summed E-state index contributed by atoms with van der Waals surface area (Å²) < 4.78 is 4.85. The zero-order valence-corrected chi connectivity index (χ0v) is 18.8. The maximum absolute atomic E-state index is 12.8. The summed E-state index contributed by atoms with van der Waals surface area (Å²) in [6.45, 7) is 5.39. The van der Waals surface area contributed by atoms with Gasteiger partial charge < -0.3 is 15.0 Å². The van der Waals surface area contributed by atoms with E-state index in [1.165, 1.54) is 14.0 Å². The van der Waals surface area contributed by atoms with Gasteiger partial charge in [0.1, 0.15) is 0 Å². The average molecular weight is 446 g/mol. The molecule has 31 heavy (non-hydrogen) atoms. The second-order valence-corrected chi connectivity index (χ2v) is 8.19. The van der Waals surface area contributed by atoms with Crippen LogP contribution in [0.4, 0.5) is 0 Å². The predicted molar refractivity (Wildman–Crippen MR) is 119 cm³/mol. The van der Waals surface area contributed by atoms with Gasteiger partial charge in [-0.2, -0.15) is 0 Å². The first-order chi connectivity index (χ1) is 14.8. The van der Waals surface area contributed by atoms with Gasteiger partial charge in [0.2, 0.25) is 5.91 Å². The average Bonchev–Trinajstić information content (AvgIpc) is 3.37. The lowest BCUT2D eigenvalue weighted by Gasteiger charge is -2.29. The lowest BCUT2D eigenvalue weighted by atomic mass is 10.0. The Morgan fingerprint density at radius 2 is 1.90 bits per heavy atom. The molecule has 0 radical (unpaired) electrons.